The summed E-state index contributed by atoms with van der Waals surface area (Å²) < 4.78 is 0.727. The van der Waals surface area contributed by atoms with E-state index in [-0.39, 0.29) is 24.1 Å². The van der Waals surface area contributed by atoms with Crippen LogP contribution in [0.2, 0.25) is 0 Å². The molecule has 0 radical (unpaired) electrons. The second kappa shape index (κ2) is 9.00. The average Bonchev–Trinajstić information content (AvgIpc) is 3.33. The van der Waals surface area contributed by atoms with Crippen LogP contribution in [-0.2, 0) is 16.1 Å². The van der Waals surface area contributed by atoms with E-state index >= 15 is 0 Å². The summed E-state index contributed by atoms with van der Waals surface area (Å²) in [5.41, 5.74) is 1.16. The highest BCUT2D eigenvalue weighted by Gasteiger charge is 2.24. The minimum atomic E-state index is -0.102. The molecule has 1 aromatic carbocycles. The summed E-state index contributed by atoms with van der Waals surface area (Å²) in [5, 5.41) is 15.0. The predicted molar refractivity (Wildman–Crippen MR) is 103 cm³/mol. The van der Waals surface area contributed by atoms with Crippen LogP contribution in [-0.4, -0.2) is 52.3 Å². The number of nitrogens with zero attached hydrogens (tertiary/aromatic N) is 3. The van der Waals surface area contributed by atoms with Gasteiger partial charge in [0.15, 0.2) is 4.34 Å². The highest BCUT2D eigenvalue weighted by Crippen LogP contribution is 2.26. The maximum atomic E-state index is 12.1. The number of carbonyl (C=O) groups excluding carboxylic acids is 2. The van der Waals surface area contributed by atoms with Crippen molar-refractivity contribution in [1.82, 2.24) is 20.4 Å². The van der Waals surface area contributed by atoms with E-state index in [0.29, 0.717) is 12.6 Å². The third-order valence-electron chi connectivity index (χ3n) is 3.76. The van der Waals surface area contributed by atoms with Crippen LogP contribution in [0.4, 0.5) is 5.13 Å². The van der Waals surface area contributed by atoms with E-state index in [2.05, 4.69) is 20.8 Å². The van der Waals surface area contributed by atoms with Gasteiger partial charge in [-0.05, 0) is 18.4 Å². The van der Waals surface area contributed by atoms with Gasteiger partial charge in [0.2, 0.25) is 16.9 Å². The maximum Gasteiger partial charge on any atom is 0.239 e. The van der Waals surface area contributed by atoms with Crippen LogP contribution in [0, 0.1) is 0 Å². The summed E-state index contributed by atoms with van der Waals surface area (Å²) in [6, 6.07) is 10.3. The Kier molecular flexibility index (Phi) is 6.45. The van der Waals surface area contributed by atoms with Crippen molar-refractivity contribution in [3.63, 3.8) is 0 Å². The first kappa shape index (κ1) is 18.7. The van der Waals surface area contributed by atoms with E-state index in [1.165, 1.54) is 28.0 Å². The molecule has 0 bridgehead atoms. The second-order valence-corrected chi connectivity index (χ2v) is 8.29. The molecule has 9 heteroatoms. The van der Waals surface area contributed by atoms with E-state index in [1.807, 2.05) is 30.3 Å². The maximum absolute atomic E-state index is 12.1. The monoisotopic (exact) mass is 391 g/mol. The molecule has 1 aromatic heterocycles. The SMILES string of the molecule is CN(CC(=O)NC1CC1)C(=O)CSc1nnc(NCc2ccccc2)s1. The normalized spacial score (nSPS) is 13.3. The van der Waals surface area contributed by atoms with Gasteiger partial charge < -0.3 is 15.5 Å². The van der Waals surface area contributed by atoms with Gasteiger partial charge in [0.1, 0.15) is 0 Å². The van der Waals surface area contributed by atoms with Crippen molar-refractivity contribution in [3.8, 4) is 0 Å². The van der Waals surface area contributed by atoms with E-state index in [0.717, 1.165) is 27.9 Å². The standard InChI is InChI=1S/C17H21N5O2S2/c1-22(10-14(23)19-13-7-8-13)15(24)11-25-17-21-20-16(26-17)18-9-12-5-3-2-4-6-12/h2-6,13H,7-11H2,1H3,(H,18,20)(H,19,23). The Balaban J connectivity index is 1.39. The van der Waals surface area contributed by atoms with Crippen molar-refractivity contribution in [3.05, 3.63) is 35.9 Å². The van der Waals surface area contributed by atoms with Gasteiger partial charge in [0.05, 0.1) is 12.3 Å². The number of nitrogens with one attached hydrogen (secondary N) is 2. The summed E-state index contributed by atoms with van der Waals surface area (Å²) in [5.74, 6) is 0.0344. The number of anilines is 1. The van der Waals surface area contributed by atoms with Crippen LogP contribution >= 0.6 is 23.1 Å². The fourth-order valence-corrected chi connectivity index (χ4v) is 3.84. The van der Waals surface area contributed by atoms with Crippen molar-refractivity contribution in [2.45, 2.75) is 29.8 Å². The lowest BCUT2D eigenvalue weighted by Crippen LogP contribution is -2.39. The molecule has 1 heterocycles. The smallest absolute Gasteiger partial charge is 0.239 e. The van der Waals surface area contributed by atoms with Crippen molar-refractivity contribution >= 4 is 40.0 Å². The number of amides is 2. The van der Waals surface area contributed by atoms with Gasteiger partial charge in [-0.1, -0.05) is 53.4 Å². The van der Waals surface area contributed by atoms with Crippen LogP contribution in [0.15, 0.2) is 34.7 Å². The van der Waals surface area contributed by atoms with Crippen molar-refractivity contribution in [2.24, 2.45) is 0 Å². The number of aromatic nitrogens is 2. The Morgan fingerprint density at radius 2 is 2.04 bits per heavy atom. The molecule has 1 saturated carbocycles. The highest BCUT2D eigenvalue weighted by atomic mass is 32.2. The molecule has 2 amide bonds. The molecular formula is C17H21N5O2S2. The van der Waals surface area contributed by atoms with Crippen molar-refractivity contribution < 1.29 is 9.59 Å². The molecule has 0 saturated heterocycles. The number of carbonyl (C=O) groups is 2. The van der Waals surface area contributed by atoms with Crippen LogP contribution in [0.5, 0.6) is 0 Å². The first-order valence-corrected chi connectivity index (χ1v) is 10.2. The zero-order chi connectivity index (χ0) is 18.4. The summed E-state index contributed by atoms with van der Waals surface area (Å²) in [6.07, 6.45) is 2.08. The van der Waals surface area contributed by atoms with Crippen LogP contribution in [0.25, 0.3) is 0 Å². The van der Waals surface area contributed by atoms with Crippen LogP contribution < -0.4 is 10.6 Å². The molecule has 3 rings (SSSR count). The van der Waals surface area contributed by atoms with Gasteiger partial charge in [-0.3, -0.25) is 9.59 Å². The second-order valence-electron chi connectivity index (χ2n) is 6.09. The van der Waals surface area contributed by atoms with E-state index < -0.39 is 0 Å². The summed E-state index contributed by atoms with van der Waals surface area (Å²) in [6.45, 7) is 0.772. The predicted octanol–water partition coefficient (Wildman–Crippen LogP) is 1.98. The summed E-state index contributed by atoms with van der Waals surface area (Å²) >= 11 is 2.75. The number of hydrogen-bond acceptors (Lipinski definition) is 7. The molecule has 26 heavy (non-hydrogen) atoms. The van der Waals surface area contributed by atoms with E-state index in [4.69, 9.17) is 0 Å². The fraction of sp³-hybridized carbons (Fsp3) is 0.412. The van der Waals surface area contributed by atoms with E-state index in [9.17, 15) is 9.59 Å². The third-order valence-corrected chi connectivity index (χ3v) is 5.76. The van der Waals surface area contributed by atoms with E-state index in [1.54, 1.807) is 7.05 Å². The van der Waals surface area contributed by atoms with Crippen LogP contribution in [0.3, 0.4) is 0 Å². The zero-order valence-corrected chi connectivity index (χ0v) is 16.1. The van der Waals surface area contributed by atoms with Gasteiger partial charge in [0, 0.05) is 19.6 Å². The number of rotatable bonds is 9. The lowest BCUT2D eigenvalue weighted by atomic mass is 10.2. The Hall–Kier alpha value is -2.13. The molecular weight excluding hydrogens is 370 g/mol. The molecule has 2 aromatic rings. The first-order valence-electron chi connectivity index (χ1n) is 8.37. The molecule has 2 N–H and O–H groups in total. The van der Waals surface area contributed by atoms with Gasteiger partial charge in [0.25, 0.3) is 0 Å². The van der Waals surface area contributed by atoms with Crippen molar-refractivity contribution in [1.29, 1.82) is 0 Å². The Morgan fingerprint density at radius 1 is 1.27 bits per heavy atom. The molecule has 7 nitrogen and oxygen atoms in total. The first-order chi connectivity index (χ1) is 12.6. The molecule has 1 aliphatic carbocycles. The van der Waals surface area contributed by atoms with Crippen molar-refractivity contribution in [2.75, 3.05) is 24.7 Å². The third kappa shape index (κ3) is 5.99. The van der Waals surface area contributed by atoms with Gasteiger partial charge in [-0.25, -0.2) is 0 Å². The molecule has 1 aliphatic rings. The fourth-order valence-electron chi connectivity index (χ4n) is 2.15. The Bertz CT molecular complexity index is 749. The molecule has 0 aliphatic heterocycles. The summed E-state index contributed by atoms with van der Waals surface area (Å²) in [4.78, 5) is 25.3. The Labute approximate surface area is 160 Å². The topological polar surface area (TPSA) is 87.2 Å². The number of likely N-dealkylation sites (N-methyl/N-ethyl adjacent to an activating group) is 1. The Morgan fingerprint density at radius 3 is 2.77 bits per heavy atom. The highest BCUT2D eigenvalue weighted by molar-refractivity contribution is 8.01. The molecule has 0 atom stereocenters. The minimum Gasteiger partial charge on any atom is -0.356 e. The number of hydrogen-bond donors (Lipinski definition) is 2. The lowest BCUT2D eigenvalue weighted by molar-refractivity contribution is -0.132. The summed E-state index contributed by atoms with van der Waals surface area (Å²) in [7, 11) is 1.64. The minimum absolute atomic E-state index is 0.0931. The molecule has 138 valence electrons. The quantitative estimate of drug-likeness (QED) is 0.636. The lowest BCUT2D eigenvalue weighted by Gasteiger charge is -2.16. The van der Waals surface area contributed by atoms with Gasteiger partial charge in [-0.2, -0.15) is 0 Å². The average molecular weight is 392 g/mol. The molecule has 0 unspecified atom stereocenters. The number of thioether (sulfide) groups is 1. The molecule has 1 fully saturated rings. The van der Waals surface area contributed by atoms with Crippen LogP contribution in [0.1, 0.15) is 18.4 Å². The van der Waals surface area contributed by atoms with Gasteiger partial charge in [-0.15, -0.1) is 10.2 Å². The number of benzene rings is 1. The molecule has 0 spiro atoms. The zero-order valence-electron chi connectivity index (χ0n) is 14.5. The largest absolute Gasteiger partial charge is 0.356 e. The van der Waals surface area contributed by atoms with Gasteiger partial charge >= 0.3 is 0 Å².